The molecular weight excluding hydrogens is 365 g/mol. The summed E-state index contributed by atoms with van der Waals surface area (Å²) in [6.07, 6.45) is 1.45. The van der Waals surface area contributed by atoms with Gasteiger partial charge in [0.1, 0.15) is 0 Å². The van der Waals surface area contributed by atoms with Gasteiger partial charge in [0.05, 0.1) is 17.5 Å². The van der Waals surface area contributed by atoms with E-state index in [1.807, 2.05) is 24.3 Å². The van der Waals surface area contributed by atoms with Crippen molar-refractivity contribution in [1.82, 2.24) is 0 Å². The average molecular weight is 381 g/mol. The van der Waals surface area contributed by atoms with Crippen LogP contribution < -0.4 is 4.90 Å². The second-order valence-corrected chi connectivity index (χ2v) is 6.81. The third kappa shape index (κ3) is 2.01. The normalized spacial score (nSPS) is 26.2. The molecule has 0 spiro atoms. The Bertz CT molecular complexity index is 603. The first-order valence-corrected chi connectivity index (χ1v) is 7.86. The van der Waals surface area contributed by atoms with Crippen molar-refractivity contribution in [2.75, 3.05) is 4.90 Å². The third-order valence-corrected chi connectivity index (χ3v) is 5.35. The number of allylic oxidation sites excluding steroid dienone is 2. The van der Waals surface area contributed by atoms with Crippen LogP contribution in [-0.2, 0) is 9.59 Å². The highest BCUT2D eigenvalue weighted by Gasteiger charge is 2.49. The number of rotatable bonds is 1. The van der Waals surface area contributed by atoms with Crippen molar-refractivity contribution in [3.8, 4) is 0 Å². The molecule has 2 amide bonds. The highest BCUT2D eigenvalue weighted by Crippen LogP contribution is 2.42. The van der Waals surface area contributed by atoms with E-state index in [1.54, 1.807) is 0 Å². The van der Waals surface area contributed by atoms with Gasteiger partial charge in [-0.3, -0.25) is 9.59 Å². The SMILES string of the molecule is CC1=C(C)C[C@H]2C(=O)N(c3ccccc3I)C(=O)[C@@H]2C1. The van der Waals surface area contributed by atoms with Gasteiger partial charge < -0.3 is 0 Å². The van der Waals surface area contributed by atoms with E-state index in [9.17, 15) is 9.59 Å². The highest BCUT2D eigenvalue weighted by atomic mass is 127. The van der Waals surface area contributed by atoms with E-state index < -0.39 is 0 Å². The molecule has 3 rings (SSSR count). The number of fused-ring (bicyclic) bond motifs is 1. The van der Waals surface area contributed by atoms with E-state index in [0.717, 1.165) is 22.1 Å². The topological polar surface area (TPSA) is 37.4 Å². The molecule has 1 saturated heterocycles. The molecule has 0 aromatic heterocycles. The predicted octanol–water partition coefficient (Wildman–Crippen LogP) is 3.53. The van der Waals surface area contributed by atoms with Crippen molar-refractivity contribution in [1.29, 1.82) is 0 Å². The molecule has 2 atom stereocenters. The van der Waals surface area contributed by atoms with Crippen LogP contribution in [0.1, 0.15) is 26.7 Å². The van der Waals surface area contributed by atoms with Crippen LogP contribution in [0.25, 0.3) is 0 Å². The van der Waals surface area contributed by atoms with Crippen LogP contribution in [0.2, 0.25) is 0 Å². The minimum absolute atomic E-state index is 0.0315. The maximum atomic E-state index is 12.6. The summed E-state index contributed by atoms with van der Waals surface area (Å²) in [4.78, 5) is 26.7. The molecule has 1 aliphatic carbocycles. The standard InChI is InChI=1S/C16H16INO2/c1-9-7-11-12(8-10(9)2)16(20)18(15(11)19)14-6-4-3-5-13(14)17/h3-6,11-12H,7-8H2,1-2H3/t11-,12-/m1/s1. The fraction of sp³-hybridized carbons (Fsp3) is 0.375. The van der Waals surface area contributed by atoms with E-state index in [4.69, 9.17) is 0 Å². The van der Waals surface area contributed by atoms with E-state index >= 15 is 0 Å². The van der Waals surface area contributed by atoms with E-state index in [1.165, 1.54) is 16.0 Å². The molecule has 0 N–H and O–H groups in total. The second-order valence-electron chi connectivity index (χ2n) is 5.65. The number of nitrogens with zero attached hydrogens (tertiary/aromatic N) is 1. The molecule has 3 nitrogen and oxygen atoms in total. The number of hydrogen-bond acceptors (Lipinski definition) is 2. The van der Waals surface area contributed by atoms with Crippen molar-refractivity contribution in [2.24, 2.45) is 11.8 Å². The lowest BCUT2D eigenvalue weighted by Crippen LogP contribution is -2.31. The minimum Gasteiger partial charge on any atom is -0.274 e. The maximum Gasteiger partial charge on any atom is 0.238 e. The first-order chi connectivity index (χ1) is 9.50. The molecular formula is C16H16INO2. The second kappa shape index (κ2) is 4.98. The lowest BCUT2D eigenvalue weighted by molar-refractivity contribution is -0.122. The zero-order chi connectivity index (χ0) is 14.4. The molecule has 1 aliphatic heterocycles. The third-order valence-electron chi connectivity index (χ3n) is 4.43. The molecule has 4 heteroatoms. The zero-order valence-electron chi connectivity index (χ0n) is 11.5. The summed E-state index contributed by atoms with van der Waals surface area (Å²) in [7, 11) is 0. The van der Waals surface area contributed by atoms with Gasteiger partial charge in [0.25, 0.3) is 0 Å². The highest BCUT2D eigenvalue weighted by molar-refractivity contribution is 14.1. The summed E-state index contributed by atoms with van der Waals surface area (Å²) >= 11 is 2.18. The number of imide groups is 1. The Balaban J connectivity index is 2.00. The molecule has 1 heterocycles. The van der Waals surface area contributed by atoms with Crippen LogP contribution in [0, 0.1) is 15.4 Å². The van der Waals surface area contributed by atoms with Gasteiger partial charge >= 0.3 is 0 Å². The Morgan fingerprint density at radius 1 is 1.00 bits per heavy atom. The monoisotopic (exact) mass is 381 g/mol. The molecule has 1 aromatic carbocycles. The number of anilines is 1. The number of para-hydroxylation sites is 1. The number of halogens is 1. The van der Waals surface area contributed by atoms with Gasteiger partial charge in [-0.15, -0.1) is 0 Å². The van der Waals surface area contributed by atoms with Gasteiger partial charge in [0, 0.05) is 3.57 Å². The van der Waals surface area contributed by atoms with Crippen molar-refractivity contribution in [3.63, 3.8) is 0 Å². The van der Waals surface area contributed by atoms with Crippen LogP contribution >= 0.6 is 22.6 Å². The van der Waals surface area contributed by atoms with Crippen molar-refractivity contribution < 1.29 is 9.59 Å². The Morgan fingerprint density at radius 3 is 2.00 bits per heavy atom. The van der Waals surface area contributed by atoms with Crippen LogP contribution in [0.3, 0.4) is 0 Å². The molecule has 2 aliphatic rings. The Morgan fingerprint density at radius 2 is 1.50 bits per heavy atom. The van der Waals surface area contributed by atoms with Gasteiger partial charge in [-0.1, -0.05) is 23.3 Å². The fourth-order valence-electron chi connectivity index (χ4n) is 3.12. The lowest BCUT2D eigenvalue weighted by atomic mass is 9.78. The first kappa shape index (κ1) is 13.8. The Hall–Kier alpha value is -1.17. The molecule has 104 valence electrons. The smallest absolute Gasteiger partial charge is 0.238 e. The van der Waals surface area contributed by atoms with Crippen molar-refractivity contribution in [3.05, 3.63) is 39.0 Å². The molecule has 1 fully saturated rings. The summed E-state index contributed by atoms with van der Waals surface area (Å²) in [5.41, 5.74) is 3.25. The Labute approximate surface area is 132 Å². The van der Waals surface area contributed by atoms with E-state index in [-0.39, 0.29) is 23.7 Å². The average Bonchev–Trinajstić information content (AvgIpc) is 2.64. The van der Waals surface area contributed by atoms with Crippen LogP contribution in [0.15, 0.2) is 35.4 Å². The van der Waals surface area contributed by atoms with Crippen molar-refractivity contribution in [2.45, 2.75) is 26.7 Å². The number of hydrogen-bond donors (Lipinski definition) is 0. The number of amides is 2. The largest absolute Gasteiger partial charge is 0.274 e. The predicted molar refractivity (Wildman–Crippen MR) is 86.2 cm³/mol. The number of benzene rings is 1. The van der Waals surface area contributed by atoms with Gasteiger partial charge in [0.15, 0.2) is 0 Å². The van der Waals surface area contributed by atoms with Gasteiger partial charge in [-0.05, 0) is 61.4 Å². The van der Waals surface area contributed by atoms with E-state index in [2.05, 4.69) is 36.4 Å². The first-order valence-electron chi connectivity index (χ1n) is 6.78. The van der Waals surface area contributed by atoms with Crippen LogP contribution in [0.4, 0.5) is 5.69 Å². The summed E-state index contributed by atoms with van der Waals surface area (Å²) in [5.74, 6) is -0.392. The molecule has 20 heavy (non-hydrogen) atoms. The molecule has 0 unspecified atom stereocenters. The summed E-state index contributed by atoms with van der Waals surface area (Å²) in [6, 6.07) is 7.56. The molecule has 0 bridgehead atoms. The summed E-state index contributed by atoms with van der Waals surface area (Å²) in [6.45, 7) is 4.14. The molecule has 0 saturated carbocycles. The van der Waals surface area contributed by atoms with Crippen LogP contribution in [0.5, 0.6) is 0 Å². The number of carbonyl (C=O) groups excluding carboxylic acids is 2. The van der Waals surface area contributed by atoms with Crippen molar-refractivity contribution >= 4 is 40.1 Å². The van der Waals surface area contributed by atoms with Gasteiger partial charge in [-0.2, -0.15) is 0 Å². The van der Waals surface area contributed by atoms with Crippen LogP contribution in [-0.4, -0.2) is 11.8 Å². The zero-order valence-corrected chi connectivity index (χ0v) is 13.7. The molecule has 1 aromatic rings. The summed E-state index contributed by atoms with van der Waals surface area (Å²) < 4.78 is 0.937. The molecule has 0 radical (unpaired) electrons. The van der Waals surface area contributed by atoms with Gasteiger partial charge in [-0.25, -0.2) is 4.90 Å². The number of carbonyl (C=O) groups is 2. The quantitative estimate of drug-likeness (QED) is 0.424. The Kier molecular flexibility index (Phi) is 3.44. The fourth-order valence-corrected chi connectivity index (χ4v) is 3.75. The van der Waals surface area contributed by atoms with E-state index in [0.29, 0.717) is 0 Å². The lowest BCUT2D eigenvalue weighted by Gasteiger charge is -2.23. The minimum atomic E-state index is -0.165. The maximum absolute atomic E-state index is 12.6. The van der Waals surface area contributed by atoms with Gasteiger partial charge in [0.2, 0.25) is 11.8 Å². The summed E-state index contributed by atoms with van der Waals surface area (Å²) in [5, 5.41) is 0.